The first-order valence-electron chi connectivity index (χ1n) is 9.22. The van der Waals surface area contributed by atoms with Gasteiger partial charge in [0.1, 0.15) is 5.75 Å². The van der Waals surface area contributed by atoms with Crippen LogP contribution < -0.4 is 19.5 Å². The second-order valence-electron chi connectivity index (χ2n) is 6.97. The van der Waals surface area contributed by atoms with Gasteiger partial charge in [0.25, 0.3) is 0 Å². The lowest BCUT2D eigenvalue weighted by Gasteiger charge is -2.17. The van der Waals surface area contributed by atoms with E-state index < -0.39 is 0 Å². The highest BCUT2D eigenvalue weighted by Gasteiger charge is 2.44. The highest BCUT2D eigenvalue weighted by atomic mass is 16.5. The Morgan fingerprint density at radius 1 is 0.963 bits per heavy atom. The third kappa shape index (κ3) is 4.54. The maximum atomic E-state index is 12.3. The molecular formula is C22H27NO4. The zero-order chi connectivity index (χ0) is 19.3. The number of methoxy groups -OCH3 is 3. The van der Waals surface area contributed by atoms with E-state index in [1.807, 2.05) is 30.3 Å². The van der Waals surface area contributed by atoms with Gasteiger partial charge in [-0.25, -0.2) is 0 Å². The van der Waals surface area contributed by atoms with Gasteiger partial charge in [-0.15, -0.1) is 0 Å². The Morgan fingerprint density at radius 2 is 1.67 bits per heavy atom. The van der Waals surface area contributed by atoms with Crippen LogP contribution in [0.5, 0.6) is 17.2 Å². The third-order valence-electron chi connectivity index (χ3n) is 5.27. The number of carbonyl (C=O) groups excluding carboxylic acids is 1. The van der Waals surface area contributed by atoms with E-state index in [-0.39, 0.29) is 11.3 Å². The minimum Gasteiger partial charge on any atom is -0.497 e. The molecule has 1 saturated carbocycles. The minimum atomic E-state index is 0.0737. The first-order chi connectivity index (χ1) is 13.1. The molecule has 0 unspecified atom stereocenters. The van der Waals surface area contributed by atoms with Crippen LogP contribution in [0.2, 0.25) is 0 Å². The van der Waals surface area contributed by atoms with E-state index >= 15 is 0 Å². The predicted octanol–water partition coefficient (Wildman–Crippen LogP) is 3.49. The number of ether oxygens (including phenoxy) is 3. The summed E-state index contributed by atoms with van der Waals surface area (Å²) in [6, 6.07) is 13.9. The summed E-state index contributed by atoms with van der Waals surface area (Å²) in [6.07, 6.45) is 3.33. The summed E-state index contributed by atoms with van der Waals surface area (Å²) in [5, 5.41) is 3.11. The van der Waals surface area contributed by atoms with E-state index in [0.29, 0.717) is 30.9 Å². The Morgan fingerprint density at radius 3 is 2.26 bits per heavy atom. The van der Waals surface area contributed by atoms with Crippen LogP contribution in [0.1, 0.15) is 30.4 Å². The Labute approximate surface area is 160 Å². The van der Waals surface area contributed by atoms with Gasteiger partial charge in [0, 0.05) is 18.4 Å². The monoisotopic (exact) mass is 369 g/mol. The van der Waals surface area contributed by atoms with E-state index in [0.717, 1.165) is 24.2 Å². The molecule has 5 heteroatoms. The van der Waals surface area contributed by atoms with Crippen LogP contribution in [-0.2, 0) is 16.6 Å². The van der Waals surface area contributed by atoms with E-state index in [2.05, 4.69) is 17.4 Å². The maximum Gasteiger partial charge on any atom is 0.220 e. The lowest BCUT2D eigenvalue weighted by molar-refractivity contribution is -0.121. The van der Waals surface area contributed by atoms with Crippen molar-refractivity contribution in [2.45, 2.75) is 31.1 Å². The molecule has 0 bridgehead atoms. The van der Waals surface area contributed by atoms with Gasteiger partial charge in [-0.2, -0.15) is 0 Å². The van der Waals surface area contributed by atoms with Crippen molar-refractivity contribution in [2.75, 3.05) is 27.9 Å². The summed E-state index contributed by atoms with van der Waals surface area (Å²) in [4.78, 5) is 12.3. The Bertz CT molecular complexity index is 781. The van der Waals surface area contributed by atoms with E-state index in [9.17, 15) is 4.79 Å². The van der Waals surface area contributed by atoms with Crippen LogP contribution >= 0.6 is 0 Å². The molecule has 144 valence electrons. The number of nitrogens with one attached hydrogen (secondary N) is 1. The number of hydrogen-bond acceptors (Lipinski definition) is 4. The van der Waals surface area contributed by atoms with Crippen LogP contribution in [0.4, 0.5) is 0 Å². The molecule has 0 heterocycles. The number of hydrogen-bond donors (Lipinski definition) is 1. The average Bonchev–Trinajstić information content (AvgIpc) is 3.51. The topological polar surface area (TPSA) is 56.8 Å². The van der Waals surface area contributed by atoms with Crippen molar-refractivity contribution >= 4 is 5.91 Å². The largest absolute Gasteiger partial charge is 0.497 e. The molecule has 2 aromatic carbocycles. The molecule has 2 aromatic rings. The summed E-state index contributed by atoms with van der Waals surface area (Å²) in [6.45, 7) is 0.685. The fourth-order valence-electron chi connectivity index (χ4n) is 3.31. The van der Waals surface area contributed by atoms with Crippen molar-refractivity contribution < 1.29 is 19.0 Å². The van der Waals surface area contributed by atoms with Crippen molar-refractivity contribution in [3.8, 4) is 17.2 Å². The molecule has 0 radical (unpaired) electrons. The third-order valence-corrected chi connectivity index (χ3v) is 5.27. The van der Waals surface area contributed by atoms with Gasteiger partial charge in [-0.05, 0) is 54.7 Å². The molecule has 1 N–H and O–H groups in total. The van der Waals surface area contributed by atoms with Crippen molar-refractivity contribution in [3.63, 3.8) is 0 Å². The van der Waals surface area contributed by atoms with Crippen LogP contribution in [0.25, 0.3) is 0 Å². The molecule has 27 heavy (non-hydrogen) atoms. The summed E-state index contributed by atoms with van der Waals surface area (Å²) in [7, 11) is 4.89. The second kappa shape index (κ2) is 8.33. The molecule has 0 atom stereocenters. The Kier molecular flexibility index (Phi) is 5.89. The summed E-state index contributed by atoms with van der Waals surface area (Å²) in [5.41, 5.74) is 2.41. The molecule has 3 rings (SSSR count). The maximum absolute atomic E-state index is 12.3. The molecule has 5 nitrogen and oxygen atoms in total. The quantitative estimate of drug-likeness (QED) is 0.735. The predicted molar refractivity (Wildman–Crippen MR) is 105 cm³/mol. The Hall–Kier alpha value is -2.69. The first kappa shape index (κ1) is 19.1. The number of amides is 1. The van der Waals surface area contributed by atoms with Crippen molar-refractivity contribution in [1.82, 2.24) is 5.32 Å². The van der Waals surface area contributed by atoms with Gasteiger partial charge in [0.15, 0.2) is 11.5 Å². The van der Waals surface area contributed by atoms with Gasteiger partial charge in [0.05, 0.1) is 21.3 Å². The highest BCUT2D eigenvalue weighted by Crippen LogP contribution is 2.47. The molecule has 1 amide bonds. The molecule has 0 aromatic heterocycles. The van der Waals surface area contributed by atoms with Gasteiger partial charge in [-0.3, -0.25) is 4.79 Å². The zero-order valence-corrected chi connectivity index (χ0v) is 16.2. The van der Waals surface area contributed by atoms with Crippen LogP contribution in [0, 0.1) is 0 Å². The summed E-state index contributed by atoms with van der Waals surface area (Å²) in [5.74, 6) is 2.31. The highest BCUT2D eigenvalue weighted by molar-refractivity contribution is 5.76. The lowest BCUT2D eigenvalue weighted by Crippen LogP contribution is -2.32. The van der Waals surface area contributed by atoms with Crippen LogP contribution in [-0.4, -0.2) is 33.8 Å². The normalized spacial score (nSPS) is 14.3. The van der Waals surface area contributed by atoms with Gasteiger partial charge >= 0.3 is 0 Å². The number of aryl methyl sites for hydroxylation is 1. The SMILES string of the molecule is COc1ccc(C2(CNC(=O)CCc3ccc(OC)c(OC)c3)CC2)cc1. The molecule has 1 fully saturated rings. The standard InChI is InChI=1S/C22H27NO4/c1-25-18-8-6-17(7-9-18)22(12-13-22)15-23-21(24)11-5-16-4-10-19(26-2)20(14-16)27-3/h4,6-10,14H,5,11-13,15H2,1-3H3,(H,23,24). The van der Waals surface area contributed by atoms with Gasteiger partial charge in [-0.1, -0.05) is 18.2 Å². The van der Waals surface area contributed by atoms with Crippen molar-refractivity contribution in [2.24, 2.45) is 0 Å². The molecule has 1 aliphatic carbocycles. The average molecular weight is 369 g/mol. The fourth-order valence-corrected chi connectivity index (χ4v) is 3.31. The number of carbonyl (C=O) groups is 1. The molecule has 1 aliphatic rings. The molecular weight excluding hydrogens is 342 g/mol. The molecule has 0 aliphatic heterocycles. The summed E-state index contributed by atoms with van der Waals surface area (Å²) < 4.78 is 15.8. The van der Waals surface area contributed by atoms with Gasteiger partial charge in [0.2, 0.25) is 5.91 Å². The second-order valence-corrected chi connectivity index (χ2v) is 6.97. The van der Waals surface area contributed by atoms with Crippen LogP contribution in [0.3, 0.4) is 0 Å². The van der Waals surface area contributed by atoms with Gasteiger partial charge < -0.3 is 19.5 Å². The molecule has 0 spiro atoms. The van der Waals surface area contributed by atoms with E-state index in [4.69, 9.17) is 14.2 Å². The summed E-state index contributed by atoms with van der Waals surface area (Å²) >= 11 is 0. The zero-order valence-electron chi connectivity index (χ0n) is 16.2. The van der Waals surface area contributed by atoms with Crippen molar-refractivity contribution in [1.29, 1.82) is 0 Å². The lowest BCUT2D eigenvalue weighted by atomic mass is 9.95. The Balaban J connectivity index is 1.51. The molecule has 0 saturated heterocycles. The minimum absolute atomic E-state index is 0.0737. The first-order valence-corrected chi connectivity index (χ1v) is 9.22. The van der Waals surface area contributed by atoms with Crippen molar-refractivity contribution in [3.05, 3.63) is 53.6 Å². The number of benzene rings is 2. The fraction of sp³-hybridized carbons (Fsp3) is 0.409. The van der Waals surface area contributed by atoms with E-state index in [1.54, 1.807) is 21.3 Å². The van der Waals surface area contributed by atoms with Crippen LogP contribution in [0.15, 0.2) is 42.5 Å². The smallest absolute Gasteiger partial charge is 0.220 e. The number of rotatable bonds is 9. The van der Waals surface area contributed by atoms with E-state index in [1.165, 1.54) is 5.56 Å².